The minimum Gasteiger partial charge on any atom is -0.370 e. The Hall–Kier alpha value is -1.81. The normalized spacial score (nSPS) is 20.5. The Morgan fingerprint density at radius 1 is 1.05 bits per heavy atom. The molecule has 0 aliphatic carbocycles. The molecular weight excluding hydrogens is 340 g/mol. The fourth-order valence-corrected chi connectivity index (χ4v) is 3.34. The van der Waals surface area contributed by atoms with E-state index in [9.17, 15) is 4.79 Å². The molecule has 0 radical (unpaired) electrons. The van der Waals surface area contributed by atoms with Gasteiger partial charge in [-0.05, 0) is 30.0 Å². The van der Waals surface area contributed by atoms with Crippen LogP contribution in [0.25, 0.3) is 0 Å². The summed E-state index contributed by atoms with van der Waals surface area (Å²) in [6, 6.07) is 21.0. The average Bonchev–Trinajstić information content (AvgIpc) is 2.92. The van der Waals surface area contributed by atoms with Crippen molar-refractivity contribution in [1.82, 2.24) is 0 Å². The number of carbonyl (C=O) groups is 1. The third-order valence-electron chi connectivity index (χ3n) is 4.22. The van der Waals surface area contributed by atoms with Crippen molar-refractivity contribution in [2.45, 2.75) is 18.9 Å². The molecule has 2 aromatic carbocycles. The van der Waals surface area contributed by atoms with E-state index in [1.54, 1.807) is 0 Å². The monoisotopic (exact) mass is 360 g/mol. The summed E-state index contributed by atoms with van der Waals surface area (Å²) in [4.78, 5) is 13.8. The maximum absolute atomic E-state index is 11.4. The molecule has 3 nitrogen and oxygen atoms in total. The molecule has 2 atom stereocenters. The van der Waals surface area contributed by atoms with Gasteiger partial charge in [-0.3, -0.25) is 4.79 Å². The maximum Gasteiger partial charge on any atom is 0.217 e. The summed E-state index contributed by atoms with van der Waals surface area (Å²) >= 11 is 0. The Morgan fingerprint density at radius 3 is 2.23 bits per heavy atom. The van der Waals surface area contributed by atoms with E-state index in [-0.39, 0.29) is 34.8 Å². The molecule has 1 aliphatic rings. The summed E-state index contributed by atoms with van der Waals surface area (Å²) in [5.74, 6) is 0.0703. The number of hydrogen-bond donors (Lipinski definition) is 1. The van der Waals surface area contributed by atoms with Gasteiger partial charge in [0, 0.05) is 18.7 Å². The molecule has 0 spiro atoms. The number of nitrogens with zero attached hydrogens (tertiary/aromatic N) is 1. The summed E-state index contributed by atoms with van der Waals surface area (Å²) in [5, 5.41) is 0. The van der Waals surface area contributed by atoms with Gasteiger partial charge in [0.2, 0.25) is 5.91 Å². The van der Waals surface area contributed by atoms with Gasteiger partial charge in [-0.1, -0.05) is 48.5 Å². The van der Waals surface area contributed by atoms with E-state index in [1.807, 2.05) is 12.1 Å². The number of primary amides is 1. The molecule has 1 aliphatic heterocycles. The Balaban J connectivity index is 0.00000176. The fraction of sp³-hybridized carbons (Fsp3) is 0.278. The first-order chi connectivity index (χ1) is 10.3. The first-order valence-electron chi connectivity index (χ1n) is 7.40. The standard InChI is InChI=1S/C18H20N2O.BrH/c19-17(21)13-15-11-12-20(16-9-5-2-6-10-16)18(15)14-7-3-1-4-8-14;/h1-10,15,18H,11-13H2,(H2,19,21);1H. The lowest BCUT2D eigenvalue weighted by molar-refractivity contribution is -0.118. The second kappa shape index (κ2) is 7.45. The predicted octanol–water partition coefficient (Wildman–Crippen LogP) is 3.71. The van der Waals surface area contributed by atoms with Crippen LogP contribution in [0.4, 0.5) is 5.69 Å². The third kappa shape index (κ3) is 3.50. The molecule has 1 heterocycles. The molecule has 2 aromatic rings. The SMILES string of the molecule is Br.NC(=O)CC1CCN(c2ccccc2)C1c1ccccc1. The zero-order chi connectivity index (χ0) is 14.7. The van der Waals surface area contributed by atoms with Gasteiger partial charge in [0.25, 0.3) is 0 Å². The number of hydrogen-bond acceptors (Lipinski definition) is 2. The van der Waals surface area contributed by atoms with Crippen molar-refractivity contribution in [2.75, 3.05) is 11.4 Å². The molecule has 2 N–H and O–H groups in total. The smallest absolute Gasteiger partial charge is 0.217 e. The van der Waals surface area contributed by atoms with Crippen molar-refractivity contribution < 1.29 is 4.79 Å². The maximum atomic E-state index is 11.4. The highest BCUT2D eigenvalue weighted by molar-refractivity contribution is 8.93. The van der Waals surface area contributed by atoms with Crippen LogP contribution in [0.3, 0.4) is 0 Å². The molecule has 0 aromatic heterocycles. The predicted molar refractivity (Wildman–Crippen MR) is 95.2 cm³/mol. The first kappa shape index (κ1) is 16.6. The van der Waals surface area contributed by atoms with Gasteiger partial charge in [0.15, 0.2) is 0 Å². The van der Waals surface area contributed by atoms with Crippen LogP contribution in [-0.2, 0) is 4.79 Å². The summed E-state index contributed by atoms with van der Waals surface area (Å²) < 4.78 is 0. The van der Waals surface area contributed by atoms with Gasteiger partial charge in [0.05, 0.1) is 6.04 Å². The average molecular weight is 361 g/mol. The molecule has 1 saturated heterocycles. The molecular formula is C18H21BrN2O. The summed E-state index contributed by atoms with van der Waals surface area (Å²) in [7, 11) is 0. The van der Waals surface area contributed by atoms with Crippen molar-refractivity contribution in [3.8, 4) is 0 Å². The highest BCUT2D eigenvalue weighted by atomic mass is 79.9. The number of amides is 1. The quantitative estimate of drug-likeness (QED) is 0.903. The van der Waals surface area contributed by atoms with Crippen LogP contribution >= 0.6 is 17.0 Å². The molecule has 2 unspecified atom stereocenters. The molecule has 1 fully saturated rings. The summed E-state index contributed by atoms with van der Waals surface area (Å²) in [5.41, 5.74) is 7.90. The molecule has 4 heteroatoms. The second-order valence-corrected chi connectivity index (χ2v) is 5.60. The molecule has 3 rings (SSSR count). The molecule has 22 heavy (non-hydrogen) atoms. The lowest BCUT2D eigenvalue weighted by atomic mass is 9.90. The van der Waals surface area contributed by atoms with Crippen molar-refractivity contribution in [1.29, 1.82) is 0 Å². The highest BCUT2D eigenvalue weighted by Gasteiger charge is 2.35. The van der Waals surface area contributed by atoms with Gasteiger partial charge in [-0.15, -0.1) is 17.0 Å². The number of benzene rings is 2. The van der Waals surface area contributed by atoms with Gasteiger partial charge < -0.3 is 10.6 Å². The van der Waals surface area contributed by atoms with Gasteiger partial charge in [0.1, 0.15) is 0 Å². The van der Waals surface area contributed by atoms with Crippen LogP contribution in [0.2, 0.25) is 0 Å². The van der Waals surface area contributed by atoms with Gasteiger partial charge >= 0.3 is 0 Å². The van der Waals surface area contributed by atoms with E-state index in [4.69, 9.17) is 5.73 Å². The second-order valence-electron chi connectivity index (χ2n) is 5.60. The number of carbonyl (C=O) groups excluding carboxylic acids is 1. The largest absolute Gasteiger partial charge is 0.370 e. The fourth-order valence-electron chi connectivity index (χ4n) is 3.34. The minimum absolute atomic E-state index is 0. The van der Waals surface area contributed by atoms with Crippen molar-refractivity contribution in [3.05, 3.63) is 66.2 Å². The molecule has 1 amide bonds. The van der Waals surface area contributed by atoms with Crippen LogP contribution in [-0.4, -0.2) is 12.5 Å². The Labute approximate surface area is 141 Å². The number of nitrogens with two attached hydrogens (primary N) is 1. The number of para-hydroxylation sites is 1. The van der Waals surface area contributed by atoms with Crippen LogP contribution < -0.4 is 10.6 Å². The van der Waals surface area contributed by atoms with Crippen LogP contribution in [0.5, 0.6) is 0 Å². The lowest BCUT2D eigenvalue weighted by Crippen LogP contribution is -2.27. The van der Waals surface area contributed by atoms with Crippen molar-refractivity contribution >= 4 is 28.6 Å². The molecule has 0 saturated carbocycles. The van der Waals surface area contributed by atoms with E-state index >= 15 is 0 Å². The highest BCUT2D eigenvalue weighted by Crippen LogP contribution is 2.41. The van der Waals surface area contributed by atoms with Crippen LogP contribution in [0, 0.1) is 5.92 Å². The van der Waals surface area contributed by atoms with Crippen LogP contribution in [0.15, 0.2) is 60.7 Å². The molecule has 116 valence electrons. The van der Waals surface area contributed by atoms with Gasteiger partial charge in [-0.2, -0.15) is 0 Å². The van der Waals surface area contributed by atoms with E-state index in [0.29, 0.717) is 6.42 Å². The zero-order valence-electron chi connectivity index (χ0n) is 12.4. The van der Waals surface area contributed by atoms with Gasteiger partial charge in [-0.25, -0.2) is 0 Å². The first-order valence-corrected chi connectivity index (χ1v) is 7.40. The van der Waals surface area contributed by atoms with E-state index in [2.05, 4.69) is 53.4 Å². The number of halogens is 1. The Bertz CT molecular complexity index is 603. The topological polar surface area (TPSA) is 46.3 Å². The Morgan fingerprint density at radius 2 is 1.64 bits per heavy atom. The van der Waals surface area contributed by atoms with Crippen molar-refractivity contribution in [2.24, 2.45) is 11.7 Å². The number of rotatable bonds is 4. The van der Waals surface area contributed by atoms with E-state index in [0.717, 1.165) is 13.0 Å². The van der Waals surface area contributed by atoms with E-state index in [1.165, 1.54) is 11.3 Å². The van der Waals surface area contributed by atoms with Crippen molar-refractivity contribution in [3.63, 3.8) is 0 Å². The zero-order valence-corrected chi connectivity index (χ0v) is 14.1. The number of anilines is 1. The van der Waals surface area contributed by atoms with Crippen LogP contribution in [0.1, 0.15) is 24.4 Å². The minimum atomic E-state index is -0.212. The summed E-state index contributed by atoms with van der Waals surface area (Å²) in [6.07, 6.45) is 1.44. The third-order valence-corrected chi connectivity index (χ3v) is 4.22. The molecule has 0 bridgehead atoms. The van der Waals surface area contributed by atoms with E-state index < -0.39 is 0 Å². The lowest BCUT2D eigenvalue weighted by Gasteiger charge is -2.30. The Kier molecular flexibility index (Phi) is 5.61. The summed E-state index contributed by atoms with van der Waals surface area (Å²) in [6.45, 7) is 0.960.